The molecule has 0 amide bonds. The Kier molecular flexibility index (Phi) is 2.08. The van der Waals surface area contributed by atoms with E-state index in [0.29, 0.717) is 5.82 Å². The third-order valence-corrected chi connectivity index (χ3v) is 2.73. The average molecular weight is 207 g/mol. The predicted molar refractivity (Wildman–Crippen MR) is 60.6 cm³/mol. The number of nitrogens with two attached hydrogens (primary N) is 1. The molecule has 72 valence electrons. The van der Waals surface area contributed by atoms with Crippen molar-refractivity contribution >= 4 is 28.3 Å². The summed E-state index contributed by atoms with van der Waals surface area (Å²) in [5.74, 6) is 0.567. The van der Waals surface area contributed by atoms with E-state index >= 15 is 0 Å². The van der Waals surface area contributed by atoms with Crippen molar-refractivity contribution in [2.45, 2.75) is 13.8 Å². The van der Waals surface area contributed by atoms with E-state index in [2.05, 4.69) is 4.98 Å². The van der Waals surface area contributed by atoms with Gasteiger partial charge in [0.15, 0.2) is 0 Å². The van der Waals surface area contributed by atoms with Crippen LogP contribution in [0.15, 0.2) is 18.2 Å². The number of pyridine rings is 1. The Labute approximate surface area is 87.7 Å². The van der Waals surface area contributed by atoms with Crippen LogP contribution in [0.4, 0.5) is 5.82 Å². The summed E-state index contributed by atoms with van der Waals surface area (Å²) in [6, 6.07) is 5.90. The smallest absolute Gasteiger partial charge is 0.127 e. The number of nitrogen functional groups attached to an aromatic ring is 1. The maximum absolute atomic E-state index is 6.00. The first kappa shape index (κ1) is 9.28. The predicted octanol–water partition coefficient (Wildman–Crippen LogP) is 3.09. The molecule has 0 atom stereocenters. The molecule has 0 unspecified atom stereocenters. The molecule has 1 aromatic carbocycles. The molecule has 3 heteroatoms. The molecule has 0 spiro atoms. The summed E-state index contributed by atoms with van der Waals surface area (Å²) in [7, 11) is 0. The summed E-state index contributed by atoms with van der Waals surface area (Å²) >= 11 is 6.00. The van der Waals surface area contributed by atoms with E-state index in [1.54, 1.807) is 0 Å². The van der Waals surface area contributed by atoms with Crippen molar-refractivity contribution in [2.75, 3.05) is 5.73 Å². The molecule has 0 aliphatic heterocycles. The zero-order valence-electron chi connectivity index (χ0n) is 8.13. The second kappa shape index (κ2) is 3.14. The van der Waals surface area contributed by atoms with Crippen LogP contribution in [0.2, 0.25) is 5.02 Å². The number of aryl methyl sites for hydroxylation is 2. The van der Waals surface area contributed by atoms with E-state index in [4.69, 9.17) is 17.3 Å². The Balaban J connectivity index is 2.83. The molecule has 2 N–H and O–H groups in total. The van der Waals surface area contributed by atoms with Crippen molar-refractivity contribution < 1.29 is 0 Å². The van der Waals surface area contributed by atoms with E-state index in [0.717, 1.165) is 27.1 Å². The quantitative estimate of drug-likeness (QED) is 0.720. The molecule has 0 bridgehead atoms. The van der Waals surface area contributed by atoms with Crippen LogP contribution in [0.1, 0.15) is 11.1 Å². The van der Waals surface area contributed by atoms with Gasteiger partial charge in [-0.1, -0.05) is 11.6 Å². The molecule has 1 heterocycles. The van der Waals surface area contributed by atoms with Crippen LogP contribution < -0.4 is 5.73 Å². The molecule has 0 radical (unpaired) electrons. The second-order valence-electron chi connectivity index (χ2n) is 3.48. The number of anilines is 1. The van der Waals surface area contributed by atoms with Crippen LogP contribution in [-0.4, -0.2) is 4.98 Å². The van der Waals surface area contributed by atoms with Gasteiger partial charge < -0.3 is 5.73 Å². The van der Waals surface area contributed by atoms with Crippen molar-refractivity contribution in [3.8, 4) is 0 Å². The molecule has 0 saturated carbocycles. The van der Waals surface area contributed by atoms with Crippen LogP contribution in [0, 0.1) is 13.8 Å². The van der Waals surface area contributed by atoms with Crippen molar-refractivity contribution in [3.63, 3.8) is 0 Å². The van der Waals surface area contributed by atoms with Gasteiger partial charge >= 0.3 is 0 Å². The van der Waals surface area contributed by atoms with Crippen molar-refractivity contribution in [1.82, 2.24) is 4.98 Å². The van der Waals surface area contributed by atoms with Gasteiger partial charge in [-0.05, 0) is 43.2 Å². The second-order valence-corrected chi connectivity index (χ2v) is 3.89. The van der Waals surface area contributed by atoms with E-state index in [9.17, 15) is 0 Å². The van der Waals surface area contributed by atoms with Crippen LogP contribution in [0.25, 0.3) is 10.9 Å². The minimum Gasteiger partial charge on any atom is -0.383 e. The molecule has 0 aliphatic rings. The lowest BCUT2D eigenvalue weighted by molar-refractivity contribution is 1.33. The Morgan fingerprint density at radius 2 is 1.79 bits per heavy atom. The Bertz CT molecular complexity index is 417. The van der Waals surface area contributed by atoms with Crippen molar-refractivity contribution in [3.05, 3.63) is 34.3 Å². The first-order chi connectivity index (χ1) is 6.58. The van der Waals surface area contributed by atoms with Crippen molar-refractivity contribution in [2.24, 2.45) is 0 Å². The molecule has 0 saturated heterocycles. The third-order valence-electron chi connectivity index (χ3n) is 2.32. The summed E-state index contributed by atoms with van der Waals surface area (Å²) < 4.78 is 0. The lowest BCUT2D eigenvalue weighted by atomic mass is 10.1. The van der Waals surface area contributed by atoms with E-state index in [-0.39, 0.29) is 0 Å². The fourth-order valence-electron chi connectivity index (χ4n) is 1.43. The Morgan fingerprint density at radius 1 is 1.14 bits per heavy atom. The van der Waals surface area contributed by atoms with Crippen molar-refractivity contribution in [1.29, 1.82) is 0 Å². The number of rotatable bonds is 0. The number of hydrogen-bond acceptors (Lipinski definition) is 2. The Hall–Kier alpha value is -1.28. The topological polar surface area (TPSA) is 38.9 Å². The zero-order chi connectivity index (χ0) is 10.3. The number of fused-ring (bicyclic) bond motifs is 1. The highest BCUT2D eigenvalue weighted by Crippen LogP contribution is 2.24. The highest BCUT2D eigenvalue weighted by molar-refractivity contribution is 6.32. The number of halogens is 1. The first-order valence-corrected chi connectivity index (χ1v) is 4.78. The third kappa shape index (κ3) is 1.42. The van der Waals surface area contributed by atoms with Gasteiger partial charge in [0, 0.05) is 10.4 Å². The van der Waals surface area contributed by atoms with Crippen LogP contribution >= 0.6 is 11.6 Å². The summed E-state index contributed by atoms with van der Waals surface area (Å²) in [6.45, 7) is 3.93. The van der Waals surface area contributed by atoms with Gasteiger partial charge in [-0.2, -0.15) is 0 Å². The van der Waals surface area contributed by atoms with Gasteiger partial charge in [-0.15, -0.1) is 0 Å². The SMILES string of the molecule is Cc1cc2cc(C)c(N)nc2cc1Cl. The fourth-order valence-corrected chi connectivity index (χ4v) is 1.59. The summed E-state index contributed by atoms with van der Waals surface area (Å²) in [6.07, 6.45) is 0. The van der Waals surface area contributed by atoms with Gasteiger partial charge in [0.05, 0.1) is 5.52 Å². The highest BCUT2D eigenvalue weighted by atomic mass is 35.5. The standard InChI is InChI=1S/C11H11ClN2/c1-6-3-8-4-7(2)11(13)14-10(8)5-9(6)12/h3-5H,1-2H3,(H2,13,14). The minimum atomic E-state index is 0.567. The van der Waals surface area contributed by atoms with E-state index in [1.165, 1.54) is 0 Å². The van der Waals surface area contributed by atoms with Gasteiger partial charge in [0.2, 0.25) is 0 Å². The monoisotopic (exact) mass is 206 g/mol. The summed E-state index contributed by atoms with van der Waals surface area (Å²) in [5.41, 5.74) is 8.63. The van der Waals surface area contributed by atoms with Crippen LogP contribution in [-0.2, 0) is 0 Å². The number of nitrogens with zero attached hydrogens (tertiary/aromatic N) is 1. The minimum absolute atomic E-state index is 0.567. The largest absolute Gasteiger partial charge is 0.383 e. The van der Waals surface area contributed by atoms with Crippen LogP contribution in [0.5, 0.6) is 0 Å². The molecule has 2 nitrogen and oxygen atoms in total. The molecular formula is C11H11ClN2. The molecule has 14 heavy (non-hydrogen) atoms. The van der Waals surface area contributed by atoms with Gasteiger partial charge in [-0.25, -0.2) is 4.98 Å². The van der Waals surface area contributed by atoms with Gasteiger partial charge in [0.1, 0.15) is 5.82 Å². The maximum atomic E-state index is 6.00. The normalized spacial score (nSPS) is 10.8. The zero-order valence-corrected chi connectivity index (χ0v) is 8.89. The number of aromatic nitrogens is 1. The lowest BCUT2D eigenvalue weighted by Crippen LogP contribution is -1.94. The first-order valence-electron chi connectivity index (χ1n) is 4.41. The number of benzene rings is 1. The molecule has 1 aromatic heterocycles. The van der Waals surface area contributed by atoms with Gasteiger partial charge in [0.25, 0.3) is 0 Å². The lowest BCUT2D eigenvalue weighted by Gasteiger charge is -2.05. The molecular weight excluding hydrogens is 196 g/mol. The average Bonchev–Trinajstić information content (AvgIpc) is 2.11. The van der Waals surface area contributed by atoms with Gasteiger partial charge in [-0.3, -0.25) is 0 Å². The maximum Gasteiger partial charge on any atom is 0.127 e. The molecule has 2 rings (SSSR count). The summed E-state index contributed by atoms with van der Waals surface area (Å²) in [5, 5.41) is 1.81. The number of hydrogen-bond donors (Lipinski definition) is 1. The molecule has 0 aliphatic carbocycles. The Morgan fingerprint density at radius 3 is 2.50 bits per heavy atom. The van der Waals surface area contributed by atoms with E-state index < -0.39 is 0 Å². The van der Waals surface area contributed by atoms with E-state index in [1.807, 2.05) is 32.0 Å². The molecule has 2 aromatic rings. The summed E-state index contributed by atoms with van der Waals surface area (Å²) in [4.78, 5) is 4.27. The van der Waals surface area contributed by atoms with Crippen LogP contribution in [0.3, 0.4) is 0 Å². The fraction of sp³-hybridized carbons (Fsp3) is 0.182. The molecule has 0 fully saturated rings. The highest BCUT2D eigenvalue weighted by Gasteiger charge is 2.03.